The van der Waals surface area contributed by atoms with E-state index >= 15 is 0 Å². The molecule has 0 aliphatic carbocycles. The molecule has 1 fully saturated rings. The second-order valence-corrected chi connectivity index (χ2v) is 4.62. The molecule has 0 saturated carbocycles. The van der Waals surface area contributed by atoms with Crippen LogP contribution >= 0.6 is 11.6 Å². The van der Waals surface area contributed by atoms with Gasteiger partial charge in [0.15, 0.2) is 6.61 Å². The van der Waals surface area contributed by atoms with Gasteiger partial charge in [0.2, 0.25) is 0 Å². The number of nitriles is 1. The van der Waals surface area contributed by atoms with Crippen LogP contribution in [0.25, 0.3) is 0 Å². The summed E-state index contributed by atoms with van der Waals surface area (Å²) in [7, 11) is 0. The van der Waals surface area contributed by atoms with Crippen LogP contribution in [0.3, 0.4) is 0 Å². The highest BCUT2D eigenvalue weighted by molar-refractivity contribution is 6.32. The summed E-state index contributed by atoms with van der Waals surface area (Å²) in [6, 6.07) is 6.29. The number of nitrogens with one attached hydrogen (secondary N) is 1. The van der Waals surface area contributed by atoms with E-state index in [1.165, 1.54) is 18.2 Å². The van der Waals surface area contributed by atoms with Gasteiger partial charge in [-0.2, -0.15) is 10.3 Å². The highest BCUT2D eigenvalue weighted by Crippen LogP contribution is 2.20. The zero-order valence-electron chi connectivity index (χ0n) is 10.8. The van der Waals surface area contributed by atoms with Crippen LogP contribution in [0.5, 0.6) is 0 Å². The Morgan fingerprint density at radius 1 is 1.38 bits per heavy atom. The average Bonchev–Trinajstić information content (AvgIpc) is 2.76. The third kappa shape index (κ3) is 3.56. The monoisotopic (exact) mass is 307 g/mol. The maximum atomic E-state index is 11.7. The van der Waals surface area contributed by atoms with Crippen molar-refractivity contribution in [2.75, 3.05) is 11.9 Å². The predicted octanol–water partition coefficient (Wildman–Crippen LogP) is 1.23. The van der Waals surface area contributed by atoms with Crippen LogP contribution in [0.4, 0.5) is 5.69 Å². The molecule has 0 atom stereocenters. The van der Waals surface area contributed by atoms with E-state index in [1.54, 1.807) is 0 Å². The van der Waals surface area contributed by atoms with E-state index in [0.717, 1.165) is 0 Å². The number of anilines is 1. The van der Waals surface area contributed by atoms with Crippen molar-refractivity contribution in [1.82, 2.24) is 5.06 Å². The molecule has 1 aromatic rings. The van der Waals surface area contributed by atoms with E-state index < -0.39 is 24.3 Å². The van der Waals surface area contributed by atoms with Gasteiger partial charge in [-0.05, 0) is 18.2 Å². The summed E-state index contributed by atoms with van der Waals surface area (Å²) in [4.78, 5) is 39.1. The summed E-state index contributed by atoms with van der Waals surface area (Å²) in [5.74, 6) is -1.48. The lowest BCUT2D eigenvalue weighted by atomic mass is 10.2. The zero-order valence-corrected chi connectivity index (χ0v) is 11.5. The largest absolute Gasteiger partial charge is 0.324 e. The first-order chi connectivity index (χ1) is 10.0. The van der Waals surface area contributed by atoms with Gasteiger partial charge in [0, 0.05) is 18.5 Å². The topological polar surface area (TPSA) is 99.5 Å². The van der Waals surface area contributed by atoms with Crippen LogP contribution in [-0.4, -0.2) is 29.4 Å². The van der Waals surface area contributed by atoms with Crippen LogP contribution in [0.2, 0.25) is 5.02 Å². The Balaban J connectivity index is 1.90. The fraction of sp³-hybridized carbons (Fsp3) is 0.231. The zero-order chi connectivity index (χ0) is 15.4. The smallest absolute Gasteiger partial charge is 0.254 e. The number of amides is 3. The van der Waals surface area contributed by atoms with Crippen molar-refractivity contribution in [3.05, 3.63) is 28.8 Å². The van der Waals surface area contributed by atoms with Crippen LogP contribution in [-0.2, 0) is 19.2 Å². The minimum Gasteiger partial charge on any atom is -0.324 e. The van der Waals surface area contributed by atoms with E-state index in [4.69, 9.17) is 21.7 Å². The van der Waals surface area contributed by atoms with E-state index in [0.29, 0.717) is 16.3 Å². The normalized spacial score (nSPS) is 14.2. The lowest BCUT2D eigenvalue weighted by Crippen LogP contribution is -2.33. The molecule has 1 heterocycles. The Morgan fingerprint density at radius 2 is 2.05 bits per heavy atom. The number of carbonyl (C=O) groups is 3. The van der Waals surface area contributed by atoms with Gasteiger partial charge in [-0.25, -0.2) is 0 Å². The van der Waals surface area contributed by atoms with Gasteiger partial charge < -0.3 is 5.32 Å². The van der Waals surface area contributed by atoms with Gasteiger partial charge in [-0.3, -0.25) is 19.2 Å². The molecule has 0 spiro atoms. The summed E-state index contributed by atoms with van der Waals surface area (Å²) >= 11 is 5.83. The fourth-order valence-electron chi connectivity index (χ4n) is 1.70. The number of hydrogen-bond donors (Lipinski definition) is 1. The lowest BCUT2D eigenvalue weighted by Gasteiger charge is -2.13. The Hall–Kier alpha value is -2.43. The number of hydrogen-bond acceptors (Lipinski definition) is 5. The molecule has 3 amide bonds. The average molecular weight is 308 g/mol. The van der Waals surface area contributed by atoms with Crippen molar-refractivity contribution in [2.24, 2.45) is 0 Å². The minimum absolute atomic E-state index is 0.0890. The van der Waals surface area contributed by atoms with Gasteiger partial charge in [0.1, 0.15) is 6.07 Å². The van der Waals surface area contributed by atoms with Crippen molar-refractivity contribution in [1.29, 1.82) is 5.26 Å². The number of nitrogens with zero attached hydrogens (tertiary/aromatic N) is 2. The number of imide groups is 1. The molecule has 21 heavy (non-hydrogen) atoms. The molecule has 0 unspecified atom stereocenters. The molecule has 0 bridgehead atoms. The van der Waals surface area contributed by atoms with Crippen molar-refractivity contribution in [2.45, 2.75) is 12.8 Å². The third-order valence-electron chi connectivity index (χ3n) is 2.70. The quantitative estimate of drug-likeness (QED) is 0.843. The van der Waals surface area contributed by atoms with Gasteiger partial charge in [-0.15, -0.1) is 0 Å². The molecule has 1 N–H and O–H groups in total. The lowest BCUT2D eigenvalue weighted by molar-refractivity contribution is -0.187. The second kappa shape index (κ2) is 6.35. The number of rotatable bonds is 4. The first-order valence-corrected chi connectivity index (χ1v) is 6.37. The van der Waals surface area contributed by atoms with E-state index in [9.17, 15) is 14.4 Å². The summed E-state index contributed by atoms with van der Waals surface area (Å²) < 4.78 is 0. The summed E-state index contributed by atoms with van der Waals surface area (Å²) in [6.45, 7) is -0.477. The number of hydroxylamine groups is 2. The van der Waals surface area contributed by atoms with Crippen molar-refractivity contribution < 1.29 is 19.2 Å². The molecular formula is C13H10ClN3O4. The Labute approximate surface area is 125 Å². The van der Waals surface area contributed by atoms with Crippen LogP contribution in [0.1, 0.15) is 18.4 Å². The van der Waals surface area contributed by atoms with Crippen molar-refractivity contribution in [3.8, 4) is 6.07 Å². The Kier molecular flexibility index (Phi) is 4.52. The maximum absolute atomic E-state index is 11.7. The van der Waals surface area contributed by atoms with Gasteiger partial charge in [0.05, 0.1) is 10.6 Å². The standard InChI is InChI=1S/C13H10ClN3O4/c14-10-5-9(2-1-8(10)6-15)16-11(18)7-21-17-12(19)3-4-13(17)20/h1-2,5H,3-4,7H2,(H,16,18). The maximum Gasteiger partial charge on any atom is 0.254 e. The van der Waals surface area contributed by atoms with Crippen molar-refractivity contribution in [3.63, 3.8) is 0 Å². The Morgan fingerprint density at radius 3 is 2.62 bits per heavy atom. The molecule has 0 radical (unpaired) electrons. The molecule has 1 saturated heterocycles. The summed E-state index contributed by atoms with van der Waals surface area (Å²) in [5, 5.41) is 12.0. The summed E-state index contributed by atoms with van der Waals surface area (Å²) in [5.41, 5.74) is 0.672. The molecule has 1 aromatic carbocycles. The summed E-state index contributed by atoms with van der Waals surface area (Å²) in [6.07, 6.45) is 0.178. The molecule has 108 valence electrons. The number of halogens is 1. The predicted molar refractivity (Wildman–Crippen MR) is 71.8 cm³/mol. The number of benzene rings is 1. The molecule has 7 nitrogen and oxygen atoms in total. The van der Waals surface area contributed by atoms with Gasteiger partial charge in [0.25, 0.3) is 17.7 Å². The van der Waals surface area contributed by atoms with Crippen molar-refractivity contribution >= 4 is 35.0 Å². The van der Waals surface area contributed by atoms with Crippen LogP contribution < -0.4 is 5.32 Å². The van der Waals surface area contributed by atoms with Gasteiger partial charge in [-0.1, -0.05) is 11.6 Å². The van der Waals surface area contributed by atoms with Gasteiger partial charge >= 0.3 is 0 Å². The molecule has 1 aliphatic heterocycles. The molecule has 2 rings (SSSR count). The third-order valence-corrected chi connectivity index (χ3v) is 3.02. The van der Waals surface area contributed by atoms with E-state index in [-0.39, 0.29) is 17.9 Å². The number of carbonyl (C=O) groups excluding carboxylic acids is 3. The first-order valence-electron chi connectivity index (χ1n) is 5.99. The first kappa shape index (κ1) is 15.0. The highest BCUT2D eigenvalue weighted by atomic mass is 35.5. The SMILES string of the molecule is N#Cc1ccc(NC(=O)CON2C(=O)CCC2=O)cc1Cl. The van der Waals surface area contributed by atoms with E-state index in [2.05, 4.69) is 5.32 Å². The van der Waals surface area contributed by atoms with E-state index in [1.807, 2.05) is 6.07 Å². The fourth-order valence-corrected chi connectivity index (χ4v) is 1.93. The molecule has 1 aliphatic rings. The second-order valence-electron chi connectivity index (χ2n) is 4.21. The molecular weight excluding hydrogens is 298 g/mol. The minimum atomic E-state index is -0.553. The molecule has 8 heteroatoms. The van der Waals surface area contributed by atoms with Crippen LogP contribution in [0.15, 0.2) is 18.2 Å². The highest BCUT2D eigenvalue weighted by Gasteiger charge is 2.30. The van der Waals surface area contributed by atoms with Crippen LogP contribution in [0, 0.1) is 11.3 Å². The Bertz CT molecular complexity index is 637. The molecule has 0 aromatic heterocycles.